The number of hydrogen-bond donors (Lipinski definition) is 1. The lowest BCUT2D eigenvalue weighted by Crippen LogP contribution is -2.09. The molecule has 0 saturated carbocycles. The van der Waals surface area contributed by atoms with E-state index in [1.54, 1.807) is 18.5 Å². The third kappa shape index (κ3) is 1.58. The molecule has 0 saturated heterocycles. The van der Waals surface area contributed by atoms with E-state index < -0.39 is 0 Å². The topological polar surface area (TPSA) is 71.5 Å². The van der Waals surface area contributed by atoms with Crippen LogP contribution in [0.3, 0.4) is 0 Å². The number of H-pyrrole nitrogens is 1. The van der Waals surface area contributed by atoms with Crippen LogP contribution in [0.1, 0.15) is 0 Å². The molecule has 5 heteroatoms. The van der Waals surface area contributed by atoms with Gasteiger partial charge in [0.15, 0.2) is 0 Å². The fraction of sp³-hybridized carbons (Fsp3) is 0. The van der Waals surface area contributed by atoms with Crippen LogP contribution in [0.5, 0.6) is 0 Å². The van der Waals surface area contributed by atoms with Gasteiger partial charge in [-0.05, 0) is 6.07 Å². The first-order valence-electron chi connectivity index (χ1n) is 3.67. The highest BCUT2D eigenvalue weighted by Crippen LogP contribution is 2.10. The number of aromatic amines is 1. The summed E-state index contributed by atoms with van der Waals surface area (Å²) in [5.74, 6) is 0. The van der Waals surface area contributed by atoms with Crippen molar-refractivity contribution in [1.82, 2.24) is 19.9 Å². The zero-order chi connectivity index (χ0) is 9.10. The number of hydrogen-bond acceptors (Lipinski definition) is 4. The van der Waals surface area contributed by atoms with Gasteiger partial charge in [0.05, 0.1) is 5.69 Å². The van der Waals surface area contributed by atoms with Crippen molar-refractivity contribution in [2.75, 3.05) is 0 Å². The molecule has 0 aliphatic rings. The Hall–Kier alpha value is -2.04. The molecule has 0 aliphatic carbocycles. The van der Waals surface area contributed by atoms with Crippen LogP contribution in [-0.4, -0.2) is 19.9 Å². The second-order valence-corrected chi connectivity index (χ2v) is 2.42. The van der Waals surface area contributed by atoms with Crippen LogP contribution in [-0.2, 0) is 0 Å². The Morgan fingerprint density at radius 1 is 1.23 bits per heavy atom. The van der Waals surface area contributed by atoms with Crippen molar-refractivity contribution in [3.8, 4) is 11.3 Å². The first-order valence-corrected chi connectivity index (χ1v) is 3.67. The minimum atomic E-state index is -0.374. The van der Waals surface area contributed by atoms with E-state index in [1.807, 2.05) is 0 Å². The summed E-state index contributed by atoms with van der Waals surface area (Å²) in [6.07, 6.45) is 6.13. The minimum Gasteiger partial charge on any atom is -0.305 e. The monoisotopic (exact) mass is 174 g/mol. The average Bonchev–Trinajstić information content (AvgIpc) is 2.19. The first kappa shape index (κ1) is 7.60. The highest BCUT2D eigenvalue weighted by atomic mass is 16.1. The molecule has 0 atom stereocenters. The second-order valence-electron chi connectivity index (χ2n) is 2.42. The van der Waals surface area contributed by atoms with E-state index in [4.69, 9.17) is 0 Å². The van der Waals surface area contributed by atoms with Crippen LogP contribution in [0.2, 0.25) is 0 Å². The zero-order valence-electron chi connectivity index (χ0n) is 6.64. The van der Waals surface area contributed by atoms with Crippen LogP contribution in [0, 0.1) is 0 Å². The van der Waals surface area contributed by atoms with Gasteiger partial charge < -0.3 is 4.98 Å². The maximum absolute atomic E-state index is 10.9. The molecule has 0 aromatic carbocycles. The van der Waals surface area contributed by atoms with Crippen LogP contribution in [0.4, 0.5) is 0 Å². The molecule has 5 nitrogen and oxygen atoms in total. The molecule has 2 rings (SSSR count). The van der Waals surface area contributed by atoms with E-state index >= 15 is 0 Å². The Morgan fingerprint density at radius 2 is 2.00 bits per heavy atom. The van der Waals surface area contributed by atoms with Gasteiger partial charge in [0.25, 0.3) is 0 Å². The molecule has 2 aromatic heterocycles. The molecule has 0 aliphatic heterocycles. The number of rotatable bonds is 1. The van der Waals surface area contributed by atoms with Gasteiger partial charge in [-0.3, -0.25) is 0 Å². The van der Waals surface area contributed by atoms with Crippen molar-refractivity contribution >= 4 is 0 Å². The molecular formula is C8H6N4O. The van der Waals surface area contributed by atoms with Crippen LogP contribution in [0.15, 0.2) is 35.8 Å². The Morgan fingerprint density at radius 3 is 2.69 bits per heavy atom. The third-order valence-corrected chi connectivity index (χ3v) is 1.55. The average molecular weight is 174 g/mol. The molecule has 0 radical (unpaired) electrons. The van der Waals surface area contributed by atoms with Gasteiger partial charge in [0.1, 0.15) is 6.33 Å². The summed E-state index contributed by atoms with van der Waals surface area (Å²) in [6, 6.07) is 1.69. The fourth-order valence-electron chi connectivity index (χ4n) is 0.975. The summed E-state index contributed by atoms with van der Waals surface area (Å²) in [5, 5.41) is 0. The predicted molar refractivity (Wildman–Crippen MR) is 45.9 cm³/mol. The van der Waals surface area contributed by atoms with Gasteiger partial charge in [-0.15, -0.1) is 0 Å². The molecule has 13 heavy (non-hydrogen) atoms. The Kier molecular flexibility index (Phi) is 1.84. The molecular weight excluding hydrogens is 168 g/mol. The maximum Gasteiger partial charge on any atom is 0.345 e. The summed E-state index contributed by atoms with van der Waals surface area (Å²) < 4.78 is 0. The number of aromatic nitrogens is 4. The second kappa shape index (κ2) is 3.14. The Labute approximate surface area is 73.5 Å². The molecule has 0 fully saturated rings. The van der Waals surface area contributed by atoms with Gasteiger partial charge in [-0.1, -0.05) is 0 Å². The lowest BCUT2D eigenvalue weighted by atomic mass is 10.2. The lowest BCUT2D eigenvalue weighted by Gasteiger charge is -1.96. The molecule has 2 aromatic rings. The van der Waals surface area contributed by atoms with Crippen molar-refractivity contribution in [3.63, 3.8) is 0 Å². The van der Waals surface area contributed by atoms with Gasteiger partial charge in [-0.25, -0.2) is 19.7 Å². The van der Waals surface area contributed by atoms with E-state index in [2.05, 4.69) is 19.9 Å². The van der Waals surface area contributed by atoms with Crippen LogP contribution < -0.4 is 5.69 Å². The van der Waals surface area contributed by atoms with E-state index in [1.165, 1.54) is 12.5 Å². The minimum absolute atomic E-state index is 0.374. The Balaban J connectivity index is 2.54. The molecule has 64 valence electrons. The molecule has 1 N–H and O–H groups in total. The predicted octanol–water partition coefficient (Wildman–Crippen LogP) is 0.227. The quantitative estimate of drug-likeness (QED) is 0.671. The summed E-state index contributed by atoms with van der Waals surface area (Å²) in [5.41, 5.74) is 1.06. The SMILES string of the molecule is O=c1nccc(-c2cncnc2)[nH]1. The smallest absolute Gasteiger partial charge is 0.305 e. The van der Waals surface area contributed by atoms with E-state index in [0.717, 1.165) is 5.56 Å². The van der Waals surface area contributed by atoms with E-state index in [9.17, 15) is 4.79 Å². The number of nitrogens with one attached hydrogen (secondary N) is 1. The zero-order valence-corrected chi connectivity index (χ0v) is 6.64. The summed E-state index contributed by atoms with van der Waals surface area (Å²) in [4.78, 5) is 24.6. The highest BCUT2D eigenvalue weighted by molar-refractivity contribution is 5.55. The summed E-state index contributed by atoms with van der Waals surface area (Å²) in [6.45, 7) is 0. The molecule has 0 spiro atoms. The van der Waals surface area contributed by atoms with Crippen LogP contribution >= 0.6 is 0 Å². The highest BCUT2D eigenvalue weighted by Gasteiger charge is 1.97. The van der Waals surface area contributed by atoms with Crippen LogP contribution in [0.25, 0.3) is 11.3 Å². The van der Waals surface area contributed by atoms with Crippen molar-refractivity contribution in [2.24, 2.45) is 0 Å². The van der Waals surface area contributed by atoms with Crippen molar-refractivity contribution < 1.29 is 0 Å². The van der Waals surface area contributed by atoms with E-state index in [-0.39, 0.29) is 5.69 Å². The van der Waals surface area contributed by atoms with E-state index in [0.29, 0.717) is 5.69 Å². The molecule has 2 heterocycles. The Bertz CT molecular complexity index is 451. The molecule has 0 unspecified atom stereocenters. The number of nitrogens with zero attached hydrogens (tertiary/aromatic N) is 3. The normalized spacial score (nSPS) is 9.85. The maximum atomic E-state index is 10.9. The van der Waals surface area contributed by atoms with Gasteiger partial charge in [-0.2, -0.15) is 0 Å². The summed E-state index contributed by atoms with van der Waals surface area (Å²) >= 11 is 0. The van der Waals surface area contributed by atoms with Crippen molar-refractivity contribution in [3.05, 3.63) is 41.5 Å². The first-order chi connectivity index (χ1) is 6.36. The fourth-order valence-corrected chi connectivity index (χ4v) is 0.975. The van der Waals surface area contributed by atoms with Gasteiger partial charge >= 0.3 is 5.69 Å². The molecule has 0 bridgehead atoms. The van der Waals surface area contributed by atoms with Crippen molar-refractivity contribution in [2.45, 2.75) is 0 Å². The standard InChI is InChI=1S/C8H6N4O/c13-8-11-2-1-7(12-8)6-3-9-5-10-4-6/h1-5H,(H,11,12,13). The molecule has 0 amide bonds. The lowest BCUT2D eigenvalue weighted by molar-refractivity contribution is 1.07. The van der Waals surface area contributed by atoms with Gasteiger partial charge in [0.2, 0.25) is 0 Å². The third-order valence-electron chi connectivity index (χ3n) is 1.55. The van der Waals surface area contributed by atoms with Crippen molar-refractivity contribution in [1.29, 1.82) is 0 Å². The largest absolute Gasteiger partial charge is 0.345 e. The summed E-state index contributed by atoms with van der Waals surface area (Å²) in [7, 11) is 0. The van der Waals surface area contributed by atoms with Gasteiger partial charge in [0, 0.05) is 24.2 Å².